The lowest BCUT2D eigenvalue weighted by Gasteiger charge is -2.21. The highest BCUT2D eigenvalue weighted by Gasteiger charge is 2.16. The van der Waals surface area contributed by atoms with Gasteiger partial charge in [-0.3, -0.25) is 0 Å². The van der Waals surface area contributed by atoms with Crippen molar-refractivity contribution in [3.05, 3.63) is 11.8 Å². The van der Waals surface area contributed by atoms with Gasteiger partial charge in [-0.15, -0.1) is 0 Å². The highest BCUT2D eigenvalue weighted by Crippen LogP contribution is 2.22. The maximum atomic E-state index is 4.55. The van der Waals surface area contributed by atoms with E-state index in [0.717, 1.165) is 11.5 Å². The van der Waals surface area contributed by atoms with Gasteiger partial charge >= 0.3 is 0 Å². The molecule has 1 aliphatic rings. The molecule has 0 spiro atoms. The number of hydrogen-bond donors (Lipinski definition) is 2. The summed E-state index contributed by atoms with van der Waals surface area (Å²) in [5, 5.41) is 6.84. The van der Waals surface area contributed by atoms with E-state index in [1.54, 1.807) is 0 Å². The van der Waals surface area contributed by atoms with Gasteiger partial charge in [0.2, 0.25) is 5.95 Å². The zero-order valence-electron chi connectivity index (χ0n) is 11.9. The molecule has 0 atom stereocenters. The number of aromatic nitrogens is 2. The molecule has 18 heavy (non-hydrogen) atoms. The fourth-order valence-corrected chi connectivity index (χ4v) is 2.31. The van der Waals surface area contributed by atoms with E-state index < -0.39 is 0 Å². The third-order valence-electron chi connectivity index (χ3n) is 3.05. The number of anilines is 2. The number of rotatable bonds is 3. The molecule has 2 rings (SSSR count). The van der Waals surface area contributed by atoms with Crippen molar-refractivity contribution in [3.8, 4) is 0 Å². The van der Waals surface area contributed by atoms with Gasteiger partial charge in [0.1, 0.15) is 5.82 Å². The molecular weight excluding hydrogens is 224 g/mol. The van der Waals surface area contributed by atoms with Crippen LogP contribution in [0.3, 0.4) is 0 Å². The molecule has 1 aliphatic carbocycles. The Morgan fingerprint density at radius 3 is 2.44 bits per heavy atom. The Labute approximate surface area is 110 Å². The molecule has 1 heterocycles. The average molecular weight is 248 g/mol. The Bertz CT molecular complexity index is 403. The predicted octanol–water partition coefficient (Wildman–Crippen LogP) is 3.35. The van der Waals surface area contributed by atoms with Crippen LogP contribution in [0, 0.1) is 6.92 Å². The van der Waals surface area contributed by atoms with Crippen molar-refractivity contribution in [2.24, 2.45) is 0 Å². The number of hydrogen-bond acceptors (Lipinski definition) is 4. The molecular formula is C14H24N4. The monoisotopic (exact) mass is 248 g/mol. The van der Waals surface area contributed by atoms with Crippen LogP contribution >= 0.6 is 0 Å². The maximum absolute atomic E-state index is 4.55. The summed E-state index contributed by atoms with van der Waals surface area (Å²) in [6.45, 7) is 8.35. The molecule has 0 aromatic carbocycles. The highest BCUT2D eigenvalue weighted by molar-refractivity contribution is 5.43. The minimum absolute atomic E-state index is 0.0155. The number of nitrogens with one attached hydrogen (secondary N) is 2. The van der Waals surface area contributed by atoms with Crippen LogP contribution in [0.2, 0.25) is 0 Å². The minimum Gasteiger partial charge on any atom is -0.367 e. The van der Waals surface area contributed by atoms with Crippen LogP contribution in [-0.2, 0) is 0 Å². The van der Waals surface area contributed by atoms with Crippen LogP contribution in [-0.4, -0.2) is 21.5 Å². The molecule has 0 saturated heterocycles. The van der Waals surface area contributed by atoms with Crippen LogP contribution in [0.25, 0.3) is 0 Å². The quantitative estimate of drug-likeness (QED) is 0.861. The molecule has 100 valence electrons. The van der Waals surface area contributed by atoms with E-state index in [1.807, 2.05) is 13.0 Å². The molecule has 0 amide bonds. The van der Waals surface area contributed by atoms with Gasteiger partial charge in [0.15, 0.2) is 0 Å². The van der Waals surface area contributed by atoms with Gasteiger partial charge in [0, 0.05) is 23.3 Å². The second-order valence-corrected chi connectivity index (χ2v) is 6.22. The Hall–Kier alpha value is -1.32. The van der Waals surface area contributed by atoms with Gasteiger partial charge in [0.25, 0.3) is 0 Å². The van der Waals surface area contributed by atoms with Crippen LogP contribution in [0.4, 0.5) is 11.8 Å². The fraction of sp³-hybridized carbons (Fsp3) is 0.714. The Kier molecular flexibility index (Phi) is 3.73. The Balaban J connectivity index is 2.10. The van der Waals surface area contributed by atoms with Crippen LogP contribution < -0.4 is 10.6 Å². The van der Waals surface area contributed by atoms with Crippen molar-refractivity contribution in [1.29, 1.82) is 0 Å². The minimum atomic E-state index is -0.0155. The predicted molar refractivity (Wildman–Crippen MR) is 76.0 cm³/mol. The summed E-state index contributed by atoms with van der Waals surface area (Å²) < 4.78 is 0. The summed E-state index contributed by atoms with van der Waals surface area (Å²) in [5.74, 6) is 1.66. The van der Waals surface area contributed by atoms with Gasteiger partial charge in [-0.25, -0.2) is 4.98 Å². The first-order valence-corrected chi connectivity index (χ1v) is 6.83. The summed E-state index contributed by atoms with van der Waals surface area (Å²) in [6.07, 6.45) is 5.17. The lowest BCUT2D eigenvalue weighted by atomic mass is 10.1. The SMILES string of the molecule is Cc1cc(NC2CCCC2)nc(NC(C)(C)C)n1. The first-order valence-electron chi connectivity index (χ1n) is 6.83. The summed E-state index contributed by atoms with van der Waals surface area (Å²) >= 11 is 0. The van der Waals surface area contributed by atoms with Gasteiger partial charge < -0.3 is 10.6 Å². The topological polar surface area (TPSA) is 49.8 Å². The number of nitrogens with zero attached hydrogens (tertiary/aromatic N) is 2. The van der Waals surface area contributed by atoms with Crippen molar-refractivity contribution in [2.45, 2.75) is 65.0 Å². The largest absolute Gasteiger partial charge is 0.367 e. The molecule has 0 aliphatic heterocycles. The average Bonchev–Trinajstić information content (AvgIpc) is 2.66. The van der Waals surface area contributed by atoms with Gasteiger partial charge in [-0.2, -0.15) is 4.98 Å². The Morgan fingerprint density at radius 2 is 1.83 bits per heavy atom. The molecule has 1 fully saturated rings. The molecule has 4 heteroatoms. The van der Waals surface area contributed by atoms with E-state index in [9.17, 15) is 0 Å². The fourth-order valence-electron chi connectivity index (χ4n) is 2.31. The van der Waals surface area contributed by atoms with E-state index >= 15 is 0 Å². The first kappa shape index (κ1) is 13.1. The molecule has 1 aromatic rings. The van der Waals surface area contributed by atoms with E-state index in [1.165, 1.54) is 25.7 Å². The molecule has 2 N–H and O–H groups in total. The van der Waals surface area contributed by atoms with Gasteiger partial charge in [-0.05, 0) is 40.5 Å². The van der Waals surface area contributed by atoms with Crippen molar-refractivity contribution in [1.82, 2.24) is 9.97 Å². The standard InChI is InChI=1S/C14H24N4/c1-10-9-12(16-11-7-5-6-8-11)17-13(15-10)18-14(2,3)4/h9,11H,5-8H2,1-4H3,(H2,15,16,17,18). The summed E-state index contributed by atoms with van der Waals surface area (Å²) in [7, 11) is 0. The zero-order valence-corrected chi connectivity index (χ0v) is 11.9. The van der Waals surface area contributed by atoms with E-state index in [2.05, 4.69) is 41.4 Å². The molecule has 0 bridgehead atoms. The molecule has 1 aromatic heterocycles. The highest BCUT2D eigenvalue weighted by atomic mass is 15.2. The second-order valence-electron chi connectivity index (χ2n) is 6.22. The zero-order chi connectivity index (χ0) is 13.2. The van der Waals surface area contributed by atoms with Crippen LogP contribution in [0.15, 0.2) is 6.07 Å². The molecule has 1 saturated carbocycles. The third kappa shape index (κ3) is 3.86. The maximum Gasteiger partial charge on any atom is 0.225 e. The summed E-state index contributed by atoms with van der Waals surface area (Å²) in [5.41, 5.74) is 0.982. The normalized spacial score (nSPS) is 16.9. The first-order chi connectivity index (χ1) is 8.42. The lowest BCUT2D eigenvalue weighted by molar-refractivity contribution is 0.625. The smallest absolute Gasteiger partial charge is 0.225 e. The number of aryl methyl sites for hydroxylation is 1. The van der Waals surface area contributed by atoms with Crippen LogP contribution in [0.5, 0.6) is 0 Å². The molecule has 0 unspecified atom stereocenters. The Morgan fingerprint density at radius 1 is 1.17 bits per heavy atom. The van der Waals surface area contributed by atoms with Gasteiger partial charge in [0.05, 0.1) is 0 Å². The summed E-state index contributed by atoms with van der Waals surface area (Å²) in [4.78, 5) is 8.98. The van der Waals surface area contributed by atoms with E-state index in [0.29, 0.717) is 12.0 Å². The molecule has 4 nitrogen and oxygen atoms in total. The van der Waals surface area contributed by atoms with Crippen molar-refractivity contribution < 1.29 is 0 Å². The second kappa shape index (κ2) is 5.12. The van der Waals surface area contributed by atoms with E-state index in [4.69, 9.17) is 0 Å². The third-order valence-corrected chi connectivity index (χ3v) is 3.05. The van der Waals surface area contributed by atoms with Crippen LogP contribution in [0.1, 0.15) is 52.1 Å². The lowest BCUT2D eigenvalue weighted by Crippen LogP contribution is -2.28. The van der Waals surface area contributed by atoms with Crippen molar-refractivity contribution in [3.63, 3.8) is 0 Å². The van der Waals surface area contributed by atoms with Crippen molar-refractivity contribution in [2.75, 3.05) is 10.6 Å². The summed E-state index contributed by atoms with van der Waals surface area (Å²) in [6, 6.07) is 2.60. The van der Waals surface area contributed by atoms with E-state index in [-0.39, 0.29) is 5.54 Å². The van der Waals surface area contributed by atoms with Crippen molar-refractivity contribution >= 4 is 11.8 Å². The van der Waals surface area contributed by atoms with Gasteiger partial charge in [-0.1, -0.05) is 12.8 Å². The molecule has 0 radical (unpaired) electrons.